The fraction of sp³-hybridized carbons (Fsp3) is 0.654. The number of nitrogens with one attached hydrogen (secondary N) is 2. The molecule has 2 aliphatic heterocycles. The number of carbonyl (C=O) groups excluding carboxylic acids is 4. The highest BCUT2D eigenvalue weighted by Crippen LogP contribution is 2.43. The standard InChI is InChI=1S/C104H154N8O4/c1-5-9-13-17-21-25-29-33-37-41-45-49-53-57-61-77-87(113)91-92(88(114)78-62-58-54-50-46-42-38-34-30-26-22-18-14-10-6-2)94(90(116)80-64-60-56-52-48-44-40-36-32-28-24-20-16-12-8-4)96-95(93(91)89(115)79-63-59-55-51-47-43-39-35-31-27-23-19-15-11-7-3)103-110-101-85-75-69-67-73-83(85)99(108-101)106-97-81-71-65-66-72-82(81)98(105-97)107-100-84-74-68-70-76-86(84)102(109-100)111-104(96)112-103/h65-76H,5-64,77-80H2,1-4H3,(H2,105,106,107,108,109,110,111,112). The quantitative estimate of drug-likeness (QED) is 0.0275. The number of benzene rings is 4. The summed E-state index contributed by atoms with van der Waals surface area (Å²) < 4.78 is 0. The molecule has 7 aromatic rings. The van der Waals surface area contributed by atoms with E-state index in [0.717, 1.165) is 110 Å². The van der Waals surface area contributed by atoms with Gasteiger partial charge < -0.3 is 9.97 Å². The van der Waals surface area contributed by atoms with Crippen molar-refractivity contribution in [2.24, 2.45) is 0 Å². The van der Waals surface area contributed by atoms with E-state index in [1.165, 1.54) is 283 Å². The molecule has 0 saturated carbocycles. The summed E-state index contributed by atoms with van der Waals surface area (Å²) in [6.45, 7) is 9.13. The molecule has 4 aromatic carbocycles. The van der Waals surface area contributed by atoms with Gasteiger partial charge in [-0.3, -0.25) is 19.2 Å². The van der Waals surface area contributed by atoms with Crippen LogP contribution in [0.1, 0.15) is 480 Å². The number of hydrogen-bond acceptors (Lipinski definition) is 10. The Morgan fingerprint density at radius 3 is 0.595 bits per heavy atom. The van der Waals surface area contributed by atoms with Crippen LogP contribution >= 0.6 is 0 Å². The van der Waals surface area contributed by atoms with E-state index in [1.807, 2.05) is 72.8 Å². The predicted octanol–water partition coefficient (Wildman–Crippen LogP) is 32.6. The summed E-state index contributed by atoms with van der Waals surface area (Å²) in [6.07, 6.45) is 72.2. The van der Waals surface area contributed by atoms with Gasteiger partial charge in [0.1, 0.15) is 22.6 Å². The maximum absolute atomic E-state index is 16.5. The minimum Gasteiger partial charge on any atom is -0.324 e. The van der Waals surface area contributed by atoms with E-state index >= 15 is 19.2 Å². The molecule has 0 amide bonds. The Hall–Kier alpha value is -7.08. The average Bonchev–Trinajstić information content (AvgIpc) is 1.50. The number of H-pyrrole nitrogens is 2. The van der Waals surface area contributed by atoms with Gasteiger partial charge >= 0.3 is 0 Å². The van der Waals surface area contributed by atoms with Crippen LogP contribution in [0.25, 0.3) is 89.7 Å². The third kappa shape index (κ3) is 30.6. The molecule has 0 radical (unpaired) electrons. The topological polar surface area (TPSA) is 177 Å². The number of nitrogens with zero attached hydrogens (tertiary/aromatic N) is 6. The zero-order valence-electron chi connectivity index (χ0n) is 73.5. The van der Waals surface area contributed by atoms with Crippen LogP contribution in [0, 0.1) is 0 Å². The lowest BCUT2D eigenvalue weighted by Crippen LogP contribution is -2.21. The first-order valence-corrected chi connectivity index (χ1v) is 48.7. The van der Waals surface area contributed by atoms with Gasteiger partial charge in [-0.1, -0.05) is 460 Å². The Kier molecular flexibility index (Phi) is 44.5. The van der Waals surface area contributed by atoms with Crippen LogP contribution in [0.3, 0.4) is 0 Å². The zero-order chi connectivity index (χ0) is 81.3. The second-order valence-corrected chi connectivity index (χ2v) is 35.0. The molecule has 12 heteroatoms. The number of carbonyl (C=O) groups is 4. The van der Waals surface area contributed by atoms with Gasteiger partial charge in [0.25, 0.3) is 0 Å². The van der Waals surface area contributed by atoms with Gasteiger partial charge in [-0.05, 0) is 25.7 Å². The molecule has 0 saturated heterocycles. The van der Waals surface area contributed by atoms with Crippen LogP contribution in [0.4, 0.5) is 0 Å². The van der Waals surface area contributed by atoms with E-state index < -0.39 is 0 Å². The van der Waals surface area contributed by atoms with Crippen molar-refractivity contribution in [3.63, 3.8) is 0 Å². The van der Waals surface area contributed by atoms with Gasteiger partial charge in [-0.15, -0.1) is 0 Å². The molecule has 0 atom stereocenters. The lowest BCUT2D eigenvalue weighted by atomic mass is 9.80. The van der Waals surface area contributed by atoms with Crippen LogP contribution in [-0.4, -0.2) is 63.0 Å². The number of fused-ring (bicyclic) bond motifs is 20. The monoisotopic (exact) mass is 1580 g/mol. The molecule has 2 aliphatic rings. The minimum absolute atomic E-state index is 0.107. The molecule has 5 heterocycles. The first kappa shape index (κ1) is 92.8. The molecule has 634 valence electrons. The number of hydrogen-bond donors (Lipinski definition) is 2. The lowest BCUT2D eigenvalue weighted by Gasteiger charge is -2.19. The van der Waals surface area contributed by atoms with Crippen LogP contribution < -0.4 is 0 Å². The Labute approximate surface area is 701 Å². The molecule has 9 rings (SSSR count). The highest BCUT2D eigenvalue weighted by molar-refractivity contribution is 6.32. The van der Waals surface area contributed by atoms with E-state index in [9.17, 15) is 0 Å². The molecule has 116 heavy (non-hydrogen) atoms. The SMILES string of the molecule is CCCCCCCCCCCCCCCCCC(=O)c1c(C(=O)CCCCCCCCCCCCCCCCC)c(C(=O)CCCCCCCCCCCCCCCCC)c2c3nc4nc(nc5[nH]c(nc6nc(nc([nH]3)c2c1C(=O)CCCCCCCCCCCCCCCCC)-c1ccccc1-6)c1ccccc51)-c1ccccc1-4. The van der Waals surface area contributed by atoms with Crippen molar-refractivity contribution in [3.05, 3.63) is 95.1 Å². The summed E-state index contributed by atoms with van der Waals surface area (Å²) in [6, 6.07) is 24.0. The van der Waals surface area contributed by atoms with Crippen molar-refractivity contribution in [2.45, 2.75) is 439 Å². The second-order valence-electron chi connectivity index (χ2n) is 35.0. The van der Waals surface area contributed by atoms with Gasteiger partial charge in [-0.2, -0.15) is 0 Å². The molecular weight excluding hydrogens is 1430 g/mol. The number of aromatic amines is 2. The fourth-order valence-corrected chi connectivity index (χ4v) is 18.1. The van der Waals surface area contributed by atoms with Crippen molar-refractivity contribution < 1.29 is 19.2 Å². The average molecular weight is 1580 g/mol. The van der Waals surface area contributed by atoms with Gasteiger partial charge in [0, 0.05) is 91.7 Å². The Morgan fingerprint density at radius 2 is 0.379 bits per heavy atom. The summed E-state index contributed by atoms with van der Waals surface area (Å²) in [7, 11) is 0. The highest BCUT2D eigenvalue weighted by atomic mass is 16.1. The molecule has 0 aliphatic carbocycles. The first-order chi connectivity index (χ1) is 57.3. The predicted molar refractivity (Wildman–Crippen MR) is 492 cm³/mol. The van der Waals surface area contributed by atoms with E-state index in [0.29, 0.717) is 71.0 Å². The highest BCUT2D eigenvalue weighted by Gasteiger charge is 2.36. The summed E-state index contributed by atoms with van der Waals surface area (Å²) in [5.74, 6) is 0.650. The largest absolute Gasteiger partial charge is 0.324 e. The molecule has 12 nitrogen and oxygen atoms in total. The third-order valence-corrected chi connectivity index (χ3v) is 25.1. The molecule has 2 N–H and O–H groups in total. The molecule has 0 spiro atoms. The van der Waals surface area contributed by atoms with E-state index in [4.69, 9.17) is 29.9 Å². The maximum atomic E-state index is 16.5. The van der Waals surface area contributed by atoms with Gasteiger partial charge in [0.15, 0.2) is 46.4 Å². The number of unbranched alkanes of at least 4 members (excludes halogenated alkanes) is 56. The Balaban J connectivity index is 1.12. The summed E-state index contributed by atoms with van der Waals surface area (Å²) in [5.41, 5.74) is 5.25. The van der Waals surface area contributed by atoms with Gasteiger partial charge in [-0.25, -0.2) is 29.9 Å². The number of rotatable bonds is 68. The zero-order valence-corrected chi connectivity index (χ0v) is 73.5. The molecule has 8 bridgehead atoms. The Morgan fingerprint density at radius 1 is 0.207 bits per heavy atom. The maximum Gasteiger partial charge on any atom is 0.164 e. The van der Waals surface area contributed by atoms with Crippen molar-refractivity contribution in [3.8, 4) is 45.6 Å². The molecule has 3 aromatic heterocycles. The van der Waals surface area contributed by atoms with Crippen LogP contribution in [0.2, 0.25) is 0 Å². The third-order valence-electron chi connectivity index (χ3n) is 25.1. The van der Waals surface area contributed by atoms with Crippen LogP contribution in [-0.2, 0) is 0 Å². The second kappa shape index (κ2) is 55.6. The Bertz CT molecular complexity index is 3940. The summed E-state index contributed by atoms with van der Waals surface area (Å²) in [5, 5.41) is 2.42. The van der Waals surface area contributed by atoms with Crippen molar-refractivity contribution in [2.75, 3.05) is 0 Å². The van der Waals surface area contributed by atoms with Crippen molar-refractivity contribution in [1.29, 1.82) is 0 Å². The molecular formula is C104H154N8O4. The van der Waals surface area contributed by atoms with E-state index in [1.54, 1.807) is 0 Å². The number of Topliss-reactive ketones (excluding diaryl/α,β-unsaturated/α-hetero) is 4. The molecule has 0 fully saturated rings. The summed E-state index contributed by atoms with van der Waals surface area (Å²) in [4.78, 5) is 105. The lowest BCUT2D eigenvalue weighted by molar-refractivity contribution is 0.0924. The minimum atomic E-state index is -0.253. The van der Waals surface area contributed by atoms with Crippen molar-refractivity contribution in [1.82, 2.24) is 39.9 Å². The first-order valence-electron chi connectivity index (χ1n) is 48.7. The van der Waals surface area contributed by atoms with Crippen molar-refractivity contribution >= 4 is 67.3 Å². The normalized spacial score (nSPS) is 11.9. The summed E-state index contributed by atoms with van der Waals surface area (Å²) >= 11 is 0. The van der Waals surface area contributed by atoms with E-state index in [-0.39, 0.29) is 82.4 Å². The fourth-order valence-electron chi connectivity index (χ4n) is 18.1. The van der Waals surface area contributed by atoms with Gasteiger partial charge in [0.2, 0.25) is 0 Å². The van der Waals surface area contributed by atoms with E-state index in [2.05, 4.69) is 37.7 Å². The smallest absolute Gasteiger partial charge is 0.164 e. The number of ketones is 4. The van der Waals surface area contributed by atoms with Crippen LogP contribution in [0.5, 0.6) is 0 Å². The number of aromatic nitrogens is 8. The van der Waals surface area contributed by atoms with Crippen LogP contribution in [0.15, 0.2) is 72.8 Å². The molecule has 0 unspecified atom stereocenters. The van der Waals surface area contributed by atoms with Gasteiger partial charge in [0.05, 0.1) is 0 Å².